The summed E-state index contributed by atoms with van der Waals surface area (Å²) in [6.07, 6.45) is 0.722. The molecule has 0 bridgehead atoms. The molecule has 0 amide bonds. The number of ether oxygens (including phenoxy) is 1. The van der Waals surface area contributed by atoms with Gasteiger partial charge in [-0.15, -0.1) is 0 Å². The molecular weight excluding hydrogens is 284 g/mol. The van der Waals surface area contributed by atoms with Gasteiger partial charge in [-0.3, -0.25) is 0 Å². The molecule has 118 valence electrons. The lowest BCUT2D eigenvalue weighted by Gasteiger charge is -2.18. The van der Waals surface area contributed by atoms with Gasteiger partial charge in [0.05, 0.1) is 6.61 Å². The van der Waals surface area contributed by atoms with Crippen LogP contribution in [-0.4, -0.2) is 13.2 Å². The molecule has 0 saturated carbocycles. The average molecular weight is 305 g/mol. The largest absolute Gasteiger partial charge is 0.493 e. The molecule has 0 saturated heterocycles. The summed E-state index contributed by atoms with van der Waals surface area (Å²) in [5.41, 5.74) is 9.50. The first kappa shape index (κ1) is 16.4. The molecule has 0 radical (unpaired) electrons. The van der Waals surface area contributed by atoms with E-state index >= 15 is 0 Å². The molecule has 0 aromatic heterocycles. The van der Waals surface area contributed by atoms with Crippen molar-refractivity contribution in [3.05, 3.63) is 64.7 Å². The van der Waals surface area contributed by atoms with E-state index in [1.165, 1.54) is 22.8 Å². The van der Waals surface area contributed by atoms with E-state index in [4.69, 9.17) is 10.5 Å². The number of rotatable bonds is 6. The first-order chi connectivity index (χ1) is 10.5. The zero-order valence-corrected chi connectivity index (χ0v) is 12.9. The van der Waals surface area contributed by atoms with Crippen LogP contribution in [0.1, 0.15) is 29.0 Å². The molecule has 22 heavy (non-hydrogen) atoms. The van der Waals surface area contributed by atoms with Gasteiger partial charge in [-0.2, -0.15) is 0 Å². The molecule has 0 aliphatic carbocycles. The van der Waals surface area contributed by atoms with Crippen molar-refractivity contribution in [1.29, 1.82) is 0 Å². The number of benzene rings is 2. The Bertz CT molecular complexity index is 643. The monoisotopic (exact) mass is 305 g/mol. The molecule has 0 aliphatic heterocycles. The summed E-state index contributed by atoms with van der Waals surface area (Å²) in [7, 11) is 0. The SMILES string of the molecule is Cc1ccc(C)c(C(CN)CCOc2ccc(F)c(F)c2)c1. The Morgan fingerprint density at radius 3 is 2.50 bits per heavy atom. The van der Waals surface area contributed by atoms with Crippen LogP contribution in [0.25, 0.3) is 0 Å². The van der Waals surface area contributed by atoms with Crippen molar-refractivity contribution in [2.24, 2.45) is 5.73 Å². The van der Waals surface area contributed by atoms with Gasteiger partial charge in [0.15, 0.2) is 11.6 Å². The fraction of sp³-hybridized carbons (Fsp3) is 0.333. The topological polar surface area (TPSA) is 35.2 Å². The first-order valence-electron chi connectivity index (χ1n) is 7.36. The van der Waals surface area contributed by atoms with Crippen molar-refractivity contribution in [3.63, 3.8) is 0 Å². The van der Waals surface area contributed by atoms with Crippen LogP contribution in [0.2, 0.25) is 0 Å². The van der Waals surface area contributed by atoms with Crippen molar-refractivity contribution in [3.8, 4) is 5.75 Å². The van der Waals surface area contributed by atoms with Crippen LogP contribution in [0.5, 0.6) is 5.75 Å². The van der Waals surface area contributed by atoms with Gasteiger partial charge in [-0.25, -0.2) is 8.78 Å². The van der Waals surface area contributed by atoms with Gasteiger partial charge in [-0.1, -0.05) is 23.8 Å². The highest BCUT2D eigenvalue weighted by Gasteiger charge is 2.13. The summed E-state index contributed by atoms with van der Waals surface area (Å²) in [5, 5.41) is 0. The van der Waals surface area contributed by atoms with E-state index in [1.54, 1.807) is 0 Å². The van der Waals surface area contributed by atoms with Crippen LogP contribution in [0.3, 0.4) is 0 Å². The molecule has 1 unspecified atom stereocenters. The van der Waals surface area contributed by atoms with E-state index < -0.39 is 11.6 Å². The lowest BCUT2D eigenvalue weighted by atomic mass is 9.91. The van der Waals surface area contributed by atoms with E-state index in [-0.39, 0.29) is 5.92 Å². The number of aryl methyl sites for hydroxylation is 2. The number of hydrogen-bond acceptors (Lipinski definition) is 2. The summed E-state index contributed by atoms with van der Waals surface area (Å²) in [6, 6.07) is 9.85. The second kappa shape index (κ2) is 7.36. The van der Waals surface area contributed by atoms with Gasteiger partial charge in [-0.05, 0) is 56.0 Å². The summed E-state index contributed by atoms with van der Waals surface area (Å²) in [5.74, 6) is -1.26. The van der Waals surface area contributed by atoms with E-state index in [1.807, 2.05) is 6.92 Å². The molecule has 2 rings (SSSR count). The molecule has 2 aromatic rings. The van der Waals surface area contributed by atoms with Crippen LogP contribution in [0.15, 0.2) is 36.4 Å². The second-order valence-corrected chi connectivity index (χ2v) is 5.51. The maximum atomic E-state index is 13.1. The fourth-order valence-corrected chi connectivity index (χ4v) is 2.49. The first-order valence-corrected chi connectivity index (χ1v) is 7.36. The predicted octanol–water partition coefficient (Wildman–Crippen LogP) is 4.09. The molecule has 0 heterocycles. The third kappa shape index (κ3) is 4.04. The highest BCUT2D eigenvalue weighted by molar-refractivity contribution is 5.33. The van der Waals surface area contributed by atoms with Crippen molar-refractivity contribution >= 4 is 0 Å². The minimum absolute atomic E-state index is 0.185. The minimum atomic E-state index is -0.901. The molecule has 1 atom stereocenters. The van der Waals surface area contributed by atoms with E-state index in [9.17, 15) is 8.78 Å². The normalized spacial score (nSPS) is 12.2. The zero-order valence-electron chi connectivity index (χ0n) is 12.9. The Morgan fingerprint density at radius 2 is 1.82 bits per heavy atom. The maximum absolute atomic E-state index is 13.1. The highest BCUT2D eigenvalue weighted by Crippen LogP contribution is 2.24. The van der Waals surface area contributed by atoms with Crippen molar-refractivity contribution in [2.45, 2.75) is 26.2 Å². The molecule has 0 spiro atoms. The van der Waals surface area contributed by atoms with Crippen molar-refractivity contribution in [2.75, 3.05) is 13.2 Å². The van der Waals surface area contributed by atoms with Gasteiger partial charge < -0.3 is 10.5 Å². The third-order valence-corrected chi connectivity index (χ3v) is 3.79. The lowest BCUT2D eigenvalue weighted by molar-refractivity contribution is 0.295. The Kier molecular flexibility index (Phi) is 5.50. The van der Waals surface area contributed by atoms with Gasteiger partial charge in [0, 0.05) is 6.07 Å². The molecule has 0 aliphatic rings. The lowest BCUT2D eigenvalue weighted by Crippen LogP contribution is -2.16. The quantitative estimate of drug-likeness (QED) is 0.872. The zero-order chi connectivity index (χ0) is 16.1. The smallest absolute Gasteiger partial charge is 0.162 e. The van der Waals surface area contributed by atoms with Gasteiger partial charge in [0.1, 0.15) is 5.75 Å². The molecule has 2 nitrogen and oxygen atoms in total. The maximum Gasteiger partial charge on any atom is 0.162 e. The number of hydrogen-bond donors (Lipinski definition) is 1. The summed E-state index contributed by atoms with van der Waals surface area (Å²) >= 11 is 0. The van der Waals surface area contributed by atoms with Crippen LogP contribution in [0, 0.1) is 25.5 Å². The number of halogens is 2. The van der Waals surface area contributed by atoms with Gasteiger partial charge in [0.2, 0.25) is 0 Å². The minimum Gasteiger partial charge on any atom is -0.493 e. The Balaban J connectivity index is 1.99. The molecule has 0 fully saturated rings. The highest BCUT2D eigenvalue weighted by atomic mass is 19.2. The second-order valence-electron chi connectivity index (χ2n) is 5.51. The third-order valence-electron chi connectivity index (χ3n) is 3.79. The van der Waals surface area contributed by atoms with Crippen molar-refractivity contribution < 1.29 is 13.5 Å². The van der Waals surface area contributed by atoms with Crippen LogP contribution in [0.4, 0.5) is 8.78 Å². The molecule has 2 aromatic carbocycles. The molecule has 4 heteroatoms. The Labute approximate surface area is 129 Å². The summed E-state index contributed by atoms with van der Waals surface area (Å²) in [4.78, 5) is 0. The Morgan fingerprint density at radius 1 is 1.05 bits per heavy atom. The Hall–Kier alpha value is -1.94. The van der Waals surface area contributed by atoms with Crippen LogP contribution < -0.4 is 10.5 Å². The van der Waals surface area contributed by atoms with Crippen LogP contribution >= 0.6 is 0 Å². The standard InChI is InChI=1S/C18H21F2NO/c1-12-3-4-13(2)16(9-12)14(11-21)7-8-22-15-5-6-17(19)18(20)10-15/h3-6,9-10,14H,7-8,11,21H2,1-2H3. The van der Waals surface area contributed by atoms with Crippen LogP contribution in [-0.2, 0) is 0 Å². The van der Waals surface area contributed by atoms with Gasteiger partial charge >= 0.3 is 0 Å². The average Bonchev–Trinajstić information content (AvgIpc) is 2.50. The summed E-state index contributed by atoms with van der Waals surface area (Å²) in [6.45, 7) is 5.04. The fourth-order valence-electron chi connectivity index (χ4n) is 2.49. The summed E-state index contributed by atoms with van der Waals surface area (Å²) < 4.78 is 31.5. The molecular formula is C18H21F2NO. The van der Waals surface area contributed by atoms with E-state index in [0.29, 0.717) is 18.9 Å². The van der Waals surface area contributed by atoms with E-state index in [0.717, 1.165) is 18.6 Å². The van der Waals surface area contributed by atoms with Gasteiger partial charge in [0.25, 0.3) is 0 Å². The number of nitrogens with two attached hydrogens (primary N) is 1. The predicted molar refractivity (Wildman–Crippen MR) is 84.2 cm³/mol. The van der Waals surface area contributed by atoms with E-state index in [2.05, 4.69) is 25.1 Å². The molecule has 2 N–H and O–H groups in total. The van der Waals surface area contributed by atoms with Crippen molar-refractivity contribution in [1.82, 2.24) is 0 Å².